The molecule has 3 aromatic rings. The van der Waals surface area contributed by atoms with Crippen molar-refractivity contribution in [2.24, 2.45) is 5.41 Å². The molecule has 3 aromatic carbocycles. The number of carbonyl (C=O) groups is 3. The number of esters is 1. The maximum atomic E-state index is 14.6. The van der Waals surface area contributed by atoms with Crippen molar-refractivity contribution in [1.29, 1.82) is 0 Å². The van der Waals surface area contributed by atoms with Crippen molar-refractivity contribution >= 4 is 29.3 Å². The second-order valence-corrected chi connectivity index (χ2v) is 9.63. The molecule has 192 valence electrons. The third kappa shape index (κ3) is 3.05. The van der Waals surface area contributed by atoms with Gasteiger partial charge in [-0.25, -0.2) is 4.79 Å². The zero-order valence-corrected chi connectivity index (χ0v) is 21.3. The maximum absolute atomic E-state index is 14.6. The van der Waals surface area contributed by atoms with Gasteiger partial charge in [0.2, 0.25) is 0 Å². The summed E-state index contributed by atoms with van der Waals surface area (Å²) in [5, 5.41) is 0. The molecule has 3 aliphatic rings. The van der Waals surface area contributed by atoms with Crippen molar-refractivity contribution in [3.05, 3.63) is 95.1 Å². The summed E-state index contributed by atoms with van der Waals surface area (Å²) in [6.45, 7) is 1.90. The molecule has 1 fully saturated rings. The van der Waals surface area contributed by atoms with Gasteiger partial charge in [-0.3, -0.25) is 9.59 Å². The van der Waals surface area contributed by atoms with Gasteiger partial charge >= 0.3 is 5.97 Å². The highest BCUT2D eigenvalue weighted by Crippen LogP contribution is 2.61. The third-order valence-corrected chi connectivity index (χ3v) is 8.01. The van der Waals surface area contributed by atoms with Gasteiger partial charge in [-0.05, 0) is 36.8 Å². The van der Waals surface area contributed by atoms with E-state index in [9.17, 15) is 14.4 Å². The van der Waals surface area contributed by atoms with Crippen LogP contribution in [0.1, 0.15) is 44.7 Å². The Kier molecular flexibility index (Phi) is 5.60. The van der Waals surface area contributed by atoms with E-state index in [0.29, 0.717) is 28.2 Å². The molecule has 7 heteroatoms. The number of para-hydroxylation sites is 1. The summed E-state index contributed by atoms with van der Waals surface area (Å²) < 4.78 is 16.9. The standard InChI is InChI=1S/C31H27NO6/c1-4-38-30(35)27-26(22-17-19(36-2)14-15-24(22)37-3)31(28(33)20-10-6-7-11-21(20)29(31)34)25-16-13-18-9-5-8-12-23(18)32(25)27/h5-17,25-27H,4H2,1-3H3. The Morgan fingerprint density at radius 3 is 2.26 bits per heavy atom. The fourth-order valence-electron chi connectivity index (χ4n) is 6.54. The van der Waals surface area contributed by atoms with Crippen molar-refractivity contribution in [3.63, 3.8) is 0 Å². The number of nitrogens with zero attached hydrogens (tertiary/aromatic N) is 1. The maximum Gasteiger partial charge on any atom is 0.329 e. The van der Waals surface area contributed by atoms with E-state index in [1.165, 1.54) is 7.11 Å². The van der Waals surface area contributed by atoms with Crippen LogP contribution in [-0.2, 0) is 9.53 Å². The third-order valence-electron chi connectivity index (χ3n) is 8.01. The molecular formula is C31H27NO6. The highest BCUT2D eigenvalue weighted by molar-refractivity contribution is 6.32. The monoisotopic (exact) mass is 509 g/mol. The van der Waals surface area contributed by atoms with E-state index in [-0.39, 0.29) is 18.2 Å². The molecule has 3 atom stereocenters. The minimum atomic E-state index is -1.62. The molecule has 38 heavy (non-hydrogen) atoms. The Bertz CT molecular complexity index is 1470. The van der Waals surface area contributed by atoms with Crippen LogP contribution in [-0.4, -0.2) is 50.4 Å². The molecule has 2 aliphatic heterocycles. The minimum absolute atomic E-state index is 0.155. The lowest BCUT2D eigenvalue weighted by atomic mass is 9.64. The van der Waals surface area contributed by atoms with Gasteiger partial charge in [0.25, 0.3) is 0 Å². The minimum Gasteiger partial charge on any atom is -0.497 e. The highest BCUT2D eigenvalue weighted by atomic mass is 16.5. The zero-order valence-electron chi connectivity index (χ0n) is 21.3. The molecule has 1 spiro atoms. The molecule has 0 N–H and O–H groups in total. The van der Waals surface area contributed by atoms with Gasteiger partial charge < -0.3 is 19.1 Å². The first kappa shape index (κ1) is 24.0. The van der Waals surface area contributed by atoms with E-state index in [2.05, 4.69) is 0 Å². The summed E-state index contributed by atoms with van der Waals surface area (Å²) in [5.41, 5.74) is 1.30. The summed E-state index contributed by atoms with van der Waals surface area (Å²) in [5.74, 6) is -1.06. The number of hydrogen-bond donors (Lipinski definition) is 0. The van der Waals surface area contributed by atoms with E-state index < -0.39 is 29.4 Å². The Morgan fingerprint density at radius 1 is 0.921 bits per heavy atom. The van der Waals surface area contributed by atoms with E-state index in [1.807, 2.05) is 41.3 Å². The normalized spacial score (nSPS) is 22.2. The van der Waals surface area contributed by atoms with Crippen LogP contribution >= 0.6 is 0 Å². The number of ketones is 2. The van der Waals surface area contributed by atoms with Crippen LogP contribution in [0.25, 0.3) is 6.08 Å². The number of hydrogen-bond acceptors (Lipinski definition) is 7. The second-order valence-electron chi connectivity index (χ2n) is 9.63. The lowest BCUT2D eigenvalue weighted by Crippen LogP contribution is -2.48. The number of rotatable bonds is 5. The average Bonchev–Trinajstić information content (AvgIpc) is 3.39. The van der Waals surface area contributed by atoms with Gasteiger partial charge in [0.15, 0.2) is 11.6 Å². The van der Waals surface area contributed by atoms with E-state index in [1.54, 1.807) is 56.5 Å². The number of fused-ring (bicyclic) bond motifs is 5. The van der Waals surface area contributed by atoms with E-state index in [0.717, 1.165) is 11.3 Å². The number of Topliss-reactive ketones (excluding diaryl/α,β-unsaturated/α-hetero) is 2. The fourth-order valence-corrected chi connectivity index (χ4v) is 6.54. The highest BCUT2D eigenvalue weighted by Gasteiger charge is 2.72. The molecule has 1 aliphatic carbocycles. The van der Waals surface area contributed by atoms with Crippen molar-refractivity contribution < 1.29 is 28.6 Å². The topological polar surface area (TPSA) is 82.1 Å². The number of anilines is 1. The molecule has 2 heterocycles. The molecule has 7 nitrogen and oxygen atoms in total. The molecule has 3 unspecified atom stereocenters. The van der Waals surface area contributed by atoms with Gasteiger partial charge in [-0.2, -0.15) is 0 Å². The van der Waals surface area contributed by atoms with Crippen LogP contribution < -0.4 is 14.4 Å². The zero-order chi connectivity index (χ0) is 26.6. The molecular weight excluding hydrogens is 482 g/mol. The molecule has 0 radical (unpaired) electrons. The van der Waals surface area contributed by atoms with Crippen molar-refractivity contribution in [2.45, 2.75) is 24.9 Å². The van der Waals surface area contributed by atoms with E-state index >= 15 is 0 Å². The number of methoxy groups -OCH3 is 2. The summed E-state index contributed by atoms with van der Waals surface area (Å²) in [6.07, 6.45) is 3.80. The van der Waals surface area contributed by atoms with Crippen molar-refractivity contribution in [3.8, 4) is 11.5 Å². The van der Waals surface area contributed by atoms with Crippen LogP contribution in [0.15, 0.2) is 72.8 Å². The predicted octanol–water partition coefficient (Wildman–Crippen LogP) is 4.70. The molecule has 1 saturated heterocycles. The van der Waals surface area contributed by atoms with Gasteiger partial charge in [0.05, 0.1) is 26.9 Å². The van der Waals surface area contributed by atoms with Crippen LogP contribution in [0.5, 0.6) is 11.5 Å². The quantitative estimate of drug-likeness (QED) is 0.364. The molecule has 0 saturated carbocycles. The molecule has 6 rings (SSSR count). The first-order valence-corrected chi connectivity index (χ1v) is 12.6. The fraction of sp³-hybridized carbons (Fsp3) is 0.258. The summed E-state index contributed by atoms with van der Waals surface area (Å²) >= 11 is 0. The molecule has 0 amide bonds. The SMILES string of the molecule is CCOC(=O)C1C(c2cc(OC)ccc2OC)C2(C(=O)c3ccccc3C2=O)C2C=Cc3ccccc3N12. The lowest BCUT2D eigenvalue weighted by Gasteiger charge is -2.36. The first-order chi connectivity index (χ1) is 18.5. The van der Waals surface area contributed by atoms with Crippen LogP contribution in [0.3, 0.4) is 0 Å². The molecule has 0 bridgehead atoms. The Hall–Kier alpha value is -4.39. The molecule has 0 aromatic heterocycles. The summed E-state index contributed by atoms with van der Waals surface area (Å²) in [6, 6.07) is 18.1. The van der Waals surface area contributed by atoms with Gasteiger partial charge in [0, 0.05) is 28.3 Å². The van der Waals surface area contributed by atoms with Crippen LogP contribution in [0.4, 0.5) is 5.69 Å². The summed E-state index contributed by atoms with van der Waals surface area (Å²) in [4.78, 5) is 44.9. The van der Waals surface area contributed by atoms with Crippen LogP contribution in [0, 0.1) is 5.41 Å². The Balaban J connectivity index is 1.71. The Labute approximate surface area is 220 Å². The van der Waals surface area contributed by atoms with Gasteiger partial charge in [-0.15, -0.1) is 0 Å². The second kappa shape index (κ2) is 8.87. The van der Waals surface area contributed by atoms with Crippen LogP contribution in [0.2, 0.25) is 0 Å². The van der Waals surface area contributed by atoms with Crippen molar-refractivity contribution in [2.75, 3.05) is 25.7 Å². The van der Waals surface area contributed by atoms with Gasteiger partial charge in [0.1, 0.15) is 23.0 Å². The van der Waals surface area contributed by atoms with E-state index in [4.69, 9.17) is 14.2 Å². The lowest BCUT2D eigenvalue weighted by molar-refractivity contribution is -0.145. The largest absolute Gasteiger partial charge is 0.497 e. The Morgan fingerprint density at radius 2 is 1.61 bits per heavy atom. The summed E-state index contributed by atoms with van der Waals surface area (Å²) in [7, 11) is 3.07. The average molecular weight is 510 g/mol. The number of benzene rings is 3. The number of carbonyl (C=O) groups excluding carboxylic acids is 3. The first-order valence-electron chi connectivity index (χ1n) is 12.6. The number of ether oxygens (including phenoxy) is 3. The van der Waals surface area contributed by atoms with Crippen molar-refractivity contribution in [1.82, 2.24) is 0 Å². The smallest absolute Gasteiger partial charge is 0.329 e. The predicted molar refractivity (Wildman–Crippen MR) is 142 cm³/mol. The van der Waals surface area contributed by atoms with Gasteiger partial charge in [-0.1, -0.05) is 54.6 Å².